The first kappa shape index (κ1) is 27.9. The van der Waals surface area contributed by atoms with Crippen molar-refractivity contribution in [1.29, 1.82) is 0 Å². The van der Waals surface area contributed by atoms with Gasteiger partial charge in [0.15, 0.2) is 0 Å². The highest BCUT2D eigenvalue weighted by atomic mass is 16.6. The molecule has 0 aliphatic carbocycles. The molecule has 0 bridgehead atoms. The number of nitrogens with one attached hydrogen (secondary N) is 1. The molecule has 0 spiro atoms. The van der Waals surface area contributed by atoms with Gasteiger partial charge >= 0.3 is 12.1 Å². The summed E-state index contributed by atoms with van der Waals surface area (Å²) in [6, 6.07) is 9.28. The molecule has 0 radical (unpaired) electrons. The van der Waals surface area contributed by atoms with Gasteiger partial charge in [0.25, 0.3) is 0 Å². The quantitative estimate of drug-likeness (QED) is 0.373. The van der Waals surface area contributed by atoms with Crippen LogP contribution in [0.4, 0.5) is 4.79 Å². The van der Waals surface area contributed by atoms with Crippen LogP contribution in [0.5, 0.6) is 0 Å². The Balaban J connectivity index is 2.75. The summed E-state index contributed by atoms with van der Waals surface area (Å²) in [4.78, 5) is 23.8. The fraction of sp³-hybridized carbons (Fsp3) is 0.680. The summed E-state index contributed by atoms with van der Waals surface area (Å²) in [6.45, 7) is 12.2. The predicted octanol–water partition coefficient (Wildman–Crippen LogP) is 4.76. The Morgan fingerprint density at radius 1 is 1.09 bits per heavy atom. The van der Waals surface area contributed by atoms with Crippen LogP contribution in [0.3, 0.4) is 0 Å². The zero-order valence-corrected chi connectivity index (χ0v) is 20.4. The molecule has 3 unspecified atom stereocenters. The number of benzene rings is 1. The van der Waals surface area contributed by atoms with E-state index < -0.39 is 35.7 Å². The number of hydrogen-bond acceptors (Lipinski definition) is 5. The van der Waals surface area contributed by atoms with E-state index in [1.165, 1.54) is 0 Å². The van der Waals surface area contributed by atoms with E-state index in [9.17, 15) is 19.8 Å². The molecule has 0 heterocycles. The molecule has 0 fully saturated rings. The van der Waals surface area contributed by atoms with Gasteiger partial charge in [0.1, 0.15) is 5.60 Å². The van der Waals surface area contributed by atoms with Gasteiger partial charge in [0.2, 0.25) is 0 Å². The maximum atomic E-state index is 12.4. The number of carbonyl (C=O) groups is 2. The van der Waals surface area contributed by atoms with E-state index >= 15 is 0 Å². The molecule has 0 aliphatic rings. The van der Waals surface area contributed by atoms with Crippen molar-refractivity contribution in [2.75, 3.05) is 6.61 Å². The summed E-state index contributed by atoms with van der Waals surface area (Å²) in [5.74, 6) is -1.62. The molecule has 0 saturated heterocycles. The predicted molar refractivity (Wildman–Crippen MR) is 124 cm³/mol. The molecule has 3 N–H and O–H groups in total. The zero-order chi connectivity index (χ0) is 24.4. The van der Waals surface area contributed by atoms with E-state index in [0.29, 0.717) is 26.1 Å². The third kappa shape index (κ3) is 11.5. The SMILES string of the molecule is CCC(CC(O)C(CC(C)(C)CCOCc1ccccc1)NC(=O)OC(C)(C)C)C(=O)O. The van der Waals surface area contributed by atoms with E-state index in [-0.39, 0.29) is 11.8 Å². The van der Waals surface area contributed by atoms with Gasteiger partial charge in [-0.15, -0.1) is 0 Å². The Hall–Kier alpha value is -2.12. The average molecular weight is 452 g/mol. The Morgan fingerprint density at radius 2 is 1.72 bits per heavy atom. The first-order valence-electron chi connectivity index (χ1n) is 11.3. The van der Waals surface area contributed by atoms with Crippen molar-refractivity contribution in [2.24, 2.45) is 11.3 Å². The van der Waals surface area contributed by atoms with Crippen LogP contribution in [0.2, 0.25) is 0 Å². The van der Waals surface area contributed by atoms with Crippen LogP contribution < -0.4 is 5.32 Å². The number of amides is 1. The fourth-order valence-electron chi connectivity index (χ4n) is 3.45. The smallest absolute Gasteiger partial charge is 0.407 e. The van der Waals surface area contributed by atoms with Crippen molar-refractivity contribution < 1.29 is 29.3 Å². The van der Waals surface area contributed by atoms with E-state index in [1.54, 1.807) is 27.7 Å². The minimum absolute atomic E-state index is 0.0624. The lowest BCUT2D eigenvalue weighted by atomic mass is 9.80. The first-order valence-corrected chi connectivity index (χ1v) is 11.3. The molecular weight excluding hydrogens is 410 g/mol. The van der Waals surface area contributed by atoms with Crippen molar-refractivity contribution in [3.63, 3.8) is 0 Å². The number of ether oxygens (including phenoxy) is 2. The van der Waals surface area contributed by atoms with E-state index in [0.717, 1.165) is 12.0 Å². The lowest BCUT2D eigenvalue weighted by Gasteiger charge is -2.34. The molecule has 1 rings (SSSR count). The first-order chi connectivity index (χ1) is 14.8. The number of carboxylic acid groups (broad SMARTS) is 1. The highest BCUT2D eigenvalue weighted by Crippen LogP contribution is 2.30. The van der Waals surface area contributed by atoms with E-state index in [4.69, 9.17) is 9.47 Å². The summed E-state index contributed by atoms with van der Waals surface area (Å²) in [5, 5.41) is 23.0. The van der Waals surface area contributed by atoms with Crippen molar-refractivity contribution in [3.05, 3.63) is 35.9 Å². The normalized spacial score (nSPS) is 15.0. The largest absolute Gasteiger partial charge is 0.481 e. The molecule has 0 aromatic heterocycles. The van der Waals surface area contributed by atoms with Crippen LogP contribution in [0.15, 0.2) is 30.3 Å². The van der Waals surface area contributed by atoms with Crippen LogP contribution in [-0.2, 0) is 20.9 Å². The monoisotopic (exact) mass is 451 g/mol. The van der Waals surface area contributed by atoms with Crippen LogP contribution in [0.25, 0.3) is 0 Å². The topological polar surface area (TPSA) is 105 Å². The van der Waals surface area contributed by atoms with E-state index in [2.05, 4.69) is 5.32 Å². The van der Waals surface area contributed by atoms with Crippen molar-refractivity contribution in [3.8, 4) is 0 Å². The lowest BCUT2D eigenvalue weighted by molar-refractivity contribution is -0.143. The molecule has 1 amide bonds. The van der Waals surface area contributed by atoms with Gasteiger partial charge in [-0.3, -0.25) is 4.79 Å². The van der Waals surface area contributed by atoms with Gasteiger partial charge < -0.3 is 25.0 Å². The minimum atomic E-state index is -1.01. The number of rotatable bonds is 13. The second kappa shape index (κ2) is 12.8. The standard InChI is InChI=1S/C25H41NO6/c1-7-19(22(28)29)15-21(27)20(26-23(30)32-24(2,3)4)16-25(5,6)13-14-31-17-18-11-9-8-10-12-18/h8-12,19-21,27H,7,13-17H2,1-6H3,(H,26,30)(H,28,29). The summed E-state index contributed by atoms with van der Waals surface area (Å²) in [6.07, 6.45) is 0.0109. The van der Waals surface area contributed by atoms with Crippen molar-refractivity contribution in [1.82, 2.24) is 5.32 Å². The highest BCUT2D eigenvalue weighted by molar-refractivity contribution is 5.70. The Bertz CT molecular complexity index is 698. The number of aliphatic hydroxyl groups excluding tert-OH is 1. The molecule has 7 nitrogen and oxygen atoms in total. The number of hydrogen-bond donors (Lipinski definition) is 3. The van der Waals surface area contributed by atoms with E-state index in [1.807, 2.05) is 44.2 Å². The summed E-state index contributed by atoms with van der Waals surface area (Å²) in [7, 11) is 0. The minimum Gasteiger partial charge on any atom is -0.481 e. The number of aliphatic hydroxyl groups is 1. The zero-order valence-electron chi connectivity index (χ0n) is 20.4. The highest BCUT2D eigenvalue weighted by Gasteiger charge is 2.33. The summed E-state index contributed by atoms with van der Waals surface area (Å²) in [5.41, 5.74) is 0.167. The third-order valence-electron chi connectivity index (χ3n) is 5.34. The van der Waals surface area contributed by atoms with Crippen molar-refractivity contribution in [2.45, 2.75) is 91.6 Å². The molecule has 1 aromatic rings. The second-order valence-corrected chi connectivity index (χ2v) is 10.2. The molecular formula is C25H41NO6. The maximum absolute atomic E-state index is 12.4. The van der Waals surface area contributed by atoms with Gasteiger partial charge in [-0.1, -0.05) is 51.1 Å². The van der Waals surface area contributed by atoms with Crippen LogP contribution >= 0.6 is 0 Å². The molecule has 1 aromatic carbocycles. The summed E-state index contributed by atoms with van der Waals surface area (Å²) < 4.78 is 11.2. The Labute approximate surface area is 192 Å². The van der Waals surface area contributed by atoms with Gasteiger partial charge in [-0.2, -0.15) is 0 Å². The fourth-order valence-corrected chi connectivity index (χ4v) is 3.45. The maximum Gasteiger partial charge on any atom is 0.407 e. The van der Waals surface area contributed by atoms with Gasteiger partial charge in [-0.25, -0.2) is 4.79 Å². The number of aliphatic carboxylic acids is 1. The number of alkyl carbamates (subject to hydrolysis) is 1. The molecule has 32 heavy (non-hydrogen) atoms. The molecule has 0 aliphatic heterocycles. The van der Waals surface area contributed by atoms with Crippen LogP contribution in [0.1, 0.15) is 72.8 Å². The van der Waals surface area contributed by atoms with Gasteiger partial charge in [0.05, 0.1) is 24.7 Å². The second-order valence-electron chi connectivity index (χ2n) is 10.2. The molecule has 182 valence electrons. The van der Waals surface area contributed by atoms with Crippen LogP contribution in [0, 0.1) is 11.3 Å². The molecule has 0 saturated carbocycles. The van der Waals surface area contributed by atoms with Gasteiger partial charge in [-0.05, 0) is 57.4 Å². The van der Waals surface area contributed by atoms with Crippen LogP contribution in [-0.4, -0.2) is 46.6 Å². The van der Waals surface area contributed by atoms with Crippen molar-refractivity contribution >= 4 is 12.1 Å². The Kier molecular flexibility index (Phi) is 11.2. The molecule has 3 atom stereocenters. The number of carbonyl (C=O) groups excluding carboxylic acids is 1. The van der Waals surface area contributed by atoms with Gasteiger partial charge in [0, 0.05) is 6.61 Å². The average Bonchev–Trinajstić information content (AvgIpc) is 2.67. The number of carboxylic acids is 1. The Morgan fingerprint density at radius 3 is 2.25 bits per heavy atom. The summed E-state index contributed by atoms with van der Waals surface area (Å²) >= 11 is 0. The molecule has 7 heteroatoms. The third-order valence-corrected chi connectivity index (χ3v) is 5.34. The lowest BCUT2D eigenvalue weighted by Crippen LogP contribution is -2.48.